The first-order chi connectivity index (χ1) is 20.2. The summed E-state index contributed by atoms with van der Waals surface area (Å²) in [6.07, 6.45) is 2.72. The van der Waals surface area contributed by atoms with Crippen LogP contribution >= 0.6 is 0 Å². The molecule has 8 heteroatoms. The van der Waals surface area contributed by atoms with Crippen molar-refractivity contribution in [1.29, 1.82) is 0 Å². The maximum Gasteiger partial charge on any atom is 0.186 e. The Labute approximate surface area is 259 Å². The first-order valence-electron chi connectivity index (χ1n) is 17.6. The Morgan fingerprint density at radius 1 is 0.884 bits per heavy atom. The number of hydrogen-bond donors (Lipinski definition) is 6. The van der Waals surface area contributed by atoms with E-state index >= 15 is 0 Å². The van der Waals surface area contributed by atoms with Crippen molar-refractivity contribution in [2.24, 2.45) is 52.3 Å². The molecule has 250 valence electrons. The minimum absolute atomic E-state index is 0.221. The van der Waals surface area contributed by atoms with E-state index in [0.29, 0.717) is 42.9 Å². The fourth-order valence-electron chi connectivity index (χ4n) is 11.4. The fourth-order valence-corrected chi connectivity index (χ4v) is 11.4. The van der Waals surface area contributed by atoms with Gasteiger partial charge in [-0.25, -0.2) is 0 Å². The molecular formula is C35H62O8. The van der Waals surface area contributed by atoms with E-state index in [2.05, 4.69) is 41.5 Å². The average Bonchev–Trinajstić information content (AvgIpc) is 3.32. The molecule has 0 spiro atoms. The van der Waals surface area contributed by atoms with Gasteiger partial charge >= 0.3 is 0 Å². The summed E-state index contributed by atoms with van der Waals surface area (Å²) in [6, 6.07) is 0. The Morgan fingerprint density at radius 3 is 2.26 bits per heavy atom. The monoisotopic (exact) mass is 610 g/mol. The van der Waals surface area contributed by atoms with Gasteiger partial charge in [0.15, 0.2) is 6.29 Å². The van der Waals surface area contributed by atoms with E-state index in [1.807, 2.05) is 0 Å². The molecule has 4 aliphatic carbocycles. The van der Waals surface area contributed by atoms with E-state index < -0.39 is 60.5 Å². The summed E-state index contributed by atoms with van der Waals surface area (Å²) in [6.45, 7) is 13.7. The van der Waals surface area contributed by atoms with Crippen molar-refractivity contribution in [3.05, 3.63) is 0 Å². The van der Waals surface area contributed by atoms with Gasteiger partial charge in [0.2, 0.25) is 0 Å². The highest BCUT2D eigenvalue weighted by atomic mass is 16.7. The molecule has 0 radical (unpaired) electrons. The van der Waals surface area contributed by atoms with E-state index in [1.54, 1.807) is 0 Å². The highest BCUT2D eigenvalue weighted by molar-refractivity contribution is 5.17. The van der Waals surface area contributed by atoms with Crippen LogP contribution in [0.3, 0.4) is 0 Å². The third-order valence-corrected chi connectivity index (χ3v) is 14.2. The van der Waals surface area contributed by atoms with Crippen LogP contribution in [0.4, 0.5) is 0 Å². The van der Waals surface area contributed by atoms with Crippen LogP contribution in [0.1, 0.15) is 112 Å². The lowest BCUT2D eigenvalue weighted by atomic mass is 9.42. The van der Waals surface area contributed by atoms with E-state index in [1.165, 1.54) is 38.5 Å². The van der Waals surface area contributed by atoms with Crippen LogP contribution in [0.15, 0.2) is 0 Å². The van der Waals surface area contributed by atoms with Gasteiger partial charge in [-0.05, 0) is 98.2 Å². The molecule has 1 aliphatic heterocycles. The molecule has 5 aliphatic rings. The Morgan fingerprint density at radius 2 is 1.60 bits per heavy atom. The number of rotatable bonds is 9. The van der Waals surface area contributed by atoms with Crippen molar-refractivity contribution in [2.45, 2.75) is 161 Å². The van der Waals surface area contributed by atoms with Crippen LogP contribution in [0.25, 0.3) is 0 Å². The Bertz CT molecular complexity index is 945. The Kier molecular flexibility index (Phi) is 10.1. The van der Waals surface area contributed by atoms with Gasteiger partial charge in [-0.2, -0.15) is 0 Å². The second-order valence-corrected chi connectivity index (χ2v) is 16.4. The van der Waals surface area contributed by atoms with Crippen molar-refractivity contribution in [2.75, 3.05) is 6.61 Å². The number of aliphatic hydroxyl groups excluding tert-OH is 5. The van der Waals surface area contributed by atoms with Gasteiger partial charge in [0.1, 0.15) is 24.4 Å². The van der Waals surface area contributed by atoms with Gasteiger partial charge in [0.25, 0.3) is 0 Å². The smallest absolute Gasteiger partial charge is 0.186 e. The minimum atomic E-state index is -1.51. The topological polar surface area (TPSA) is 140 Å². The molecule has 0 amide bonds. The van der Waals surface area contributed by atoms with Crippen molar-refractivity contribution >= 4 is 0 Å². The van der Waals surface area contributed by atoms with Gasteiger partial charge in [0.05, 0.1) is 24.4 Å². The van der Waals surface area contributed by atoms with Crippen molar-refractivity contribution in [3.8, 4) is 0 Å². The molecule has 43 heavy (non-hydrogen) atoms. The van der Waals surface area contributed by atoms with Crippen LogP contribution in [0, 0.1) is 52.3 Å². The van der Waals surface area contributed by atoms with Crippen LogP contribution in [0.5, 0.6) is 0 Å². The molecule has 0 bridgehead atoms. The number of ether oxygens (including phenoxy) is 2. The third-order valence-electron chi connectivity index (χ3n) is 14.2. The molecule has 0 unspecified atom stereocenters. The lowest BCUT2D eigenvalue weighted by Gasteiger charge is -2.65. The zero-order valence-corrected chi connectivity index (χ0v) is 27.6. The van der Waals surface area contributed by atoms with Crippen LogP contribution in [-0.4, -0.2) is 85.8 Å². The van der Waals surface area contributed by atoms with Gasteiger partial charge in [0, 0.05) is 11.8 Å². The first-order valence-corrected chi connectivity index (χ1v) is 17.6. The maximum atomic E-state index is 12.3. The second kappa shape index (κ2) is 12.7. The van der Waals surface area contributed by atoms with Crippen molar-refractivity contribution in [3.63, 3.8) is 0 Å². The van der Waals surface area contributed by atoms with Crippen LogP contribution in [0.2, 0.25) is 0 Å². The predicted molar refractivity (Wildman–Crippen MR) is 164 cm³/mol. The quantitative estimate of drug-likeness (QED) is 0.215. The molecule has 4 saturated carbocycles. The average molecular weight is 611 g/mol. The summed E-state index contributed by atoms with van der Waals surface area (Å²) in [4.78, 5) is 0. The standard InChI is InChI=1S/C35H62O8/c1-7-21(19(2)3)9-8-20(4)24-10-11-25-23-16-28(37)35(41)17-22(12-15-34(35,6)26(23)13-14-33(24,25)5)42-32-31(40)30(39)29(38)27(18-36)43-32/h19-32,36-41H,7-18H2,1-6H3/t20-,21-,22+,23+,24-,25+,26+,27-,28-,29-,30+,31-,32-,33-,34-,35+/m1/s1. The van der Waals surface area contributed by atoms with Crippen molar-refractivity contribution in [1.82, 2.24) is 0 Å². The highest BCUT2D eigenvalue weighted by Crippen LogP contribution is 2.69. The third kappa shape index (κ3) is 5.66. The summed E-state index contributed by atoms with van der Waals surface area (Å²) >= 11 is 0. The molecule has 1 saturated heterocycles. The summed E-state index contributed by atoms with van der Waals surface area (Å²) < 4.78 is 11.7. The lowest BCUT2D eigenvalue weighted by Crippen LogP contribution is -2.69. The van der Waals surface area contributed by atoms with Crippen LogP contribution < -0.4 is 0 Å². The summed E-state index contributed by atoms with van der Waals surface area (Å²) in [5.74, 6) is 4.27. The molecular weight excluding hydrogens is 548 g/mol. The molecule has 0 aromatic heterocycles. The number of aliphatic hydroxyl groups is 6. The fraction of sp³-hybridized carbons (Fsp3) is 1.00. The molecule has 5 fully saturated rings. The zero-order valence-electron chi connectivity index (χ0n) is 27.6. The minimum Gasteiger partial charge on any atom is -0.394 e. The lowest BCUT2D eigenvalue weighted by molar-refractivity contribution is -0.328. The summed E-state index contributed by atoms with van der Waals surface area (Å²) in [5, 5.41) is 64.4. The molecule has 0 aromatic carbocycles. The van der Waals surface area contributed by atoms with E-state index in [-0.39, 0.29) is 11.8 Å². The normalized spacial score (nSPS) is 51.4. The molecule has 5 rings (SSSR count). The second-order valence-electron chi connectivity index (χ2n) is 16.4. The van der Waals surface area contributed by atoms with Gasteiger partial charge in [-0.15, -0.1) is 0 Å². The molecule has 6 N–H and O–H groups in total. The number of fused-ring (bicyclic) bond motifs is 5. The SMILES string of the molecule is CC[C@H](CC[C@@H](C)[C@H]1CC[C@H]2[C@@H]3C[C@@H](O)[C@@]4(O)C[C@@H](O[C@@H]5O[C@H](CO)[C@@H](O)[C@H](O)[C@H]5O)CC[C@]4(C)[C@H]3CC[C@]12C)C(C)C. The maximum absolute atomic E-state index is 12.3. The molecule has 1 heterocycles. The van der Waals surface area contributed by atoms with Crippen molar-refractivity contribution < 1.29 is 40.1 Å². The zero-order chi connectivity index (χ0) is 31.5. The van der Waals surface area contributed by atoms with E-state index in [4.69, 9.17) is 9.47 Å². The number of hydrogen-bond acceptors (Lipinski definition) is 8. The van der Waals surface area contributed by atoms with E-state index in [9.17, 15) is 30.6 Å². The molecule has 8 nitrogen and oxygen atoms in total. The summed E-state index contributed by atoms with van der Waals surface area (Å²) in [5.41, 5.74) is -1.48. The highest BCUT2D eigenvalue weighted by Gasteiger charge is 2.68. The molecule has 16 atom stereocenters. The van der Waals surface area contributed by atoms with Crippen LogP contribution in [-0.2, 0) is 9.47 Å². The van der Waals surface area contributed by atoms with E-state index in [0.717, 1.165) is 24.2 Å². The Hall–Kier alpha value is -0.320. The predicted octanol–water partition coefficient (Wildman–Crippen LogP) is 4.01. The van der Waals surface area contributed by atoms with Gasteiger partial charge in [-0.3, -0.25) is 0 Å². The summed E-state index contributed by atoms with van der Waals surface area (Å²) in [7, 11) is 0. The molecule has 0 aromatic rings. The van der Waals surface area contributed by atoms with Gasteiger partial charge < -0.3 is 40.1 Å². The van der Waals surface area contributed by atoms with Gasteiger partial charge in [-0.1, -0.05) is 54.4 Å². The first kappa shape index (κ1) is 34.0. The Balaban J connectivity index is 1.27. The largest absolute Gasteiger partial charge is 0.394 e.